The van der Waals surface area contributed by atoms with E-state index in [1.165, 1.54) is 12.1 Å². The predicted molar refractivity (Wildman–Crippen MR) is 71.3 cm³/mol. The highest BCUT2D eigenvalue weighted by atomic mass is 35.5. The van der Waals surface area contributed by atoms with Gasteiger partial charge in [0.15, 0.2) is 0 Å². The summed E-state index contributed by atoms with van der Waals surface area (Å²) in [7, 11) is 0. The van der Waals surface area contributed by atoms with Crippen molar-refractivity contribution >= 4 is 11.6 Å². The summed E-state index contributed by atoms with van der Waals surface area (Å²) in [5.74, 6) is 0.100. The molecule has 1 aromatic carbocycles. The lowest BCUT2D eigenvalue weighted by Crippen LogP contribution is -2.29. The third-order valence-corrected chi connectivity index (χ3v) is 3.76. The number of rotatable bonds is 4. The molecule has 100 valence electrons. The Morgan fingerprint density at radius 3 is 2.94 bits per heavy atom. The van der Waals surface area contributed by atoms with Gasteiger partial charge < -0.3 is 10.1 Å². The minimum Gasteiger partial charge on any atom is -0.378 e. The first-order valence-electron chi connectivity index (χ1n) is 6.41. The summed E-state index contributed by atoms with van der Waals surface area (Å²) in [5, 5.41) is 4.01. The van der Waals surface area contributed by atoms with Crippen LogP contribution in [0.4, 0.5) is 4.39 Å². The summed E-state index contributed by atoms with van der Waals surface area (Å²) in [5.41, 5.74) is 0.834. The van der Waals surface area contributed by atoms with Gasteiger partial charge in [-0.25, -0.2) is 4.39 Å². The quantitative estimate of drug-likeness (QED) is 0.904. The third-order valence-electron chi connectivity index (χ3n) is 3.42. The fourth-order valence-electron chi connectivity index (χ4n) is 2.59. The van der Waals surface area contributed by atoms with E-state index in [9.17, 15) is 4.39 Å². The van der Waals surface area contributed by atoms with Gasteiger partial charge in [0.2, 0.25) is 0 Å². The van der Waals surface area contributed by atoms with E-state index in [1.807, 2.05) is 6.92 Å². The second kappa shape index (κ2) is 6.00. The first-order valence-corrected chi connectivity index (χ1v) is 6.79. The van der Waals surface area contributed by atoms with Gasteiger partial charge in [0.05, 0.1) is 12.7 Å². The fourth-order valence-corrected chi connectivity index (χ4v) is 2.82. The third kappa shape index (κ3) is 3.02. The van der Waals surface area contributed by atoms with Gasteiger partial charge in [-0.3, -0.25) is 0 Å². The molecular weight excluding hydrogens is 253 g/mol. The average Bonchev–Trinajstić information content (AvgIpc) is 2.76. The van der Waals surface area contributed by atoms with Gasteiger partial charge in [0, 0.05) is 17.0 Å². The van der Waals surface area contributed by atoms with Gasteiger partial charge in [-0.15, -0.1) is 0 Å². The molecule has 1 fully saturated rings. The topological polar surface area (TPSA) is 21.3 Å². The van der Waals surface area contributed by atoms with Gasteiger partial charge >= 0.3 is 0 Å². The molecule has 1 aliphatic heterocycles. The molecular formula is C14H19ClFNO. The van der Waals surface area contributed by atoms with Crippen LogP contribution in [0.5, 0.6) is 0 Å². The molecule has 3 atom stereocenters. The molecule has 18 heavy (non-hydrogen) atoms. The van der Waals surface area contributed by atoms with Crippen molar-refractivity contribution in [1.82, 2.24) is 5.32 Å². The minimum absolute atomic E-state index is 0.0585. The molecule has 3 unspecified atom stereocenters. The van der Waals surface area contributed by atoms with Gasteiger partial charge in [-0.2, -0.15) is 0 Å². The molecule has 0 aromatic heterocycles. The van der Waals surface area contributed by atoms with E-state index >= 15 is 0 Å². The number of halogens is 2. The van der Waals surface area contributed by atoms with Crippen LogP contribution in [-0.2, 0) is 4.74 Å². The lowest BCUT2D eigenvalue weighted by atomic mass is 9.91. The van der Waals surface area contributed by atoms with E-state index < -0.39 is 0 Å². The van der Waals surface area contributed by atoms with Crippen molar-refractivity contribution in [2.75, 3.05) is 13.2 Å². The number of ether oxygens (including phenoxy) is 1. The number of hydrogen-bond donors (Lipinski definition) is 1. The largest absolute Gasteiger partial charge is 0.378 e. The van der Waals surface area contributed by atoms with E-state index in [0.717, 1.165) is 18.5 Å². The van der Waals surface area contributed by atoms with E-state index in [4.69, 9.17) is 16.3 Å². The van der Waals surface area contributed by atoms with E-state index in [1.54, 1.807) is 6.07 Å². The summed E-state index contributed by atoms with van der Waals surface area (Å²) in [4.78, 5) is 0. The number of hydrogen-bond acceptors (Lipinski definition) is 2. The van der Waals surface area contributed by atoms with Gasteiger partial charge in [-0.1, -0.05) is 18.5 Å². The van der Waals surface area contributed by atoms with E-state index in [-0.39, 0.29) is 18.0 Å². The van der Waals surface area contributed by atoms with Crippen LogP contribution in [0.2, 0.25) is 5.02 Å². The second-order valence-corrected chi connectivity index (χ2v) is 5.25. The van der Waals surface area contributed by atoms with Crippen molar-refractivity contribution in [3.8, 4) is 0 Å². The zero-order valence-electron chi connectivity index (χ0n) is 10.7. The molecule has 2 rings (SSSR count). The Kier molecular flexibility index (Phi) is 4.60. The van der Waals surface area contributed by atoms with Gasteiger partial charge in [-0.05, 0) is 43.7 Å². The van der Waals surface area contributed by atoms with Crippen molar-refractivity contribution in [3.63, 3.8) is 0 Å². The Morgan fingerprint density at radius 1 is 1.56 bits per heavy atom. The van der Waals surface area contributed by atoms with Crippen LogP contribution >= 0.6 is 11.6 Å². The normalized spacial score (nSPS) is 25.3. The molecule has 1 N–H and O–H groups in total. The zero-order chi connectivity index (χ0) is 13.1. The van der Waals surface area contributed by atoms with E-state index in [0.29, 0.717) is 17.5 Å². The zero-order valence-corrected chi connectivity index (χ0v) is 11.5. The number of nitrogens with one attached hydrogen (secondary N) is 1. The fraction of sp³-hybridized carbons (Fsp3) is 0.571. The molecule has 2 nitrogen and oxygen atoms in total. The predicted octanol–water partition coefficient (Wildman–Crippen LogP) is 3.55. The van der Waals surface area contributed by atoms with Crippen LogP contribution < -0.4 is 5.32 Å². The first kappa shape index (κ1) is 13.8. The second-order valence-electron chi connectivity index (χ2n) is 4.84. The Labute approximate surface area is 112 Å². The summed E-state index contributed by atoms with van der Waals surface area (Å²) in [6.45, 7) is 5.63. The Bertz CT molecular complexity index is 413. The maximum Gasteiger partial charge on any atom is 0.123 e. The molecule has 1 aliphatic rings. The molecule has 0 radical (unpaired) electrons. The maximum absolute atomic E-state index is 13.4. The molecule has 0 aliphatic carbocycles. The summed E-state index contributed by atoms with van der Waals surface area (Å²) in [6, 6.07) is 4.60. The lowest BCUT2D eigenvalue weighted by Gasteiger charge is -2.24. The minimum atomic E-state index is -0.246. The van der Waals surface area contributed by atoms with Gasteiger partial charge in [0.25, 0.3) is 0 Å². The lowest BCUT2D eigenvalue weighted by molar-refractivity contribution is 0.117. The Balaban J connectivity index is 2.26. The monoisotopic (exact) mass is 271 g/mol. The summed E-state index contributed by atoms with van der Waals surface area (Å²) in [6.07, 6.45) is 1.24. The smallest absolute Gasteiger partial charge is 0.123 e. The summed E-state index contributed by atoms with van der Waals surface area (Å²) >= 11 is 6.19. The molecule has 1 aromatic rings. The van der Waals surface area contributed by atoms with Crippen molar-refractivity contribution in [1.29, 1.82) is 0 Å². The van der Waals surface area contributed by atoms with Crippen molar-refractivity contribution in [2.45, 2.75) is 32.4 Å². The highest BCUT2D eigenvalue weighted by molar-refractivity contribution is 6.31. The SMILES string of the molecule is CCNC(c1cc(F)ccc1Cl)C1COC(C)C1. The molecule has 0 bridgehead atoms. The highest BCUT2D eigenvalue weighted by Crippen LogP contribution is 2.35. The molecule has 4 heteroatoms. The molecule has 0 saturated carbocycles. The highest BCUT2D eigenvalue weighted by Gasteiger charge is 2.31. The van der Waals surface area contributed by atoms with Crippen molar-refractivity contribution in [2.24, 2.45) is 5.92 Å². The van der Waals surface area contributed by atoms with Crippen LogP contribution in [-0.4, -0.2) is 19.3 Å². The maximum atomic E-state index is 13.4. The average molecular weight is 272 g/mol. The summed E-state index contributed by atoms with van der Waals surface area (Å²) < 4.78 is 19.0. The van der Waals surface area contributed by atoms with Crippen LogP contribution in [0.15, 0.2) is 18.2 Å². The molecule has 1 heterocycles. The molecule has 1 saturated heterocycles. The van der Waals surface area contributed by atoms with Gasteiger partial charge in [0.1, 0.15) is 5.82 Å². The first-order chi connectivity index (χ1) is 8.61. The van der Waals surface area contributed by atoms with Crippen molar-refractivity contribution < 1.29 is 9.13 Å². The molecule has 0 spiro atoms. The van der Waals surface area contributed by atoms with Crippen LogP contribution in [0.25, 0.3) is 0 Å². The van der Waals surface area contributed by atoms with E-state index in [2.05, 4.69) is 12.2 Å². The molecule has 0 amide bonds. The standard InChI is InChI=1S/C14H19ClFNO/c1-3-17-14(10-6-9(2)18-8-10)12-7-11(16)4-5-13(12)15/h4-5,7,9-10,14,17H,3,6,8H2,1-2H3. The van der Waals surface area contributed by atoms with Crippen LogP contribution in [0, 0.1) is 11.7 Å². The van der Waals surface area contributed by atoms with Crippen LogP contribution in [0.1, 0.15) is 31.9 Å². The Morgan fingerprint density at radius 2 is 2.33 bits per heavy atom. The Hall–Kier alpha value is -0.640. The number of benzene rings is 1. The van der Waals surface area contributed by atoms with Crippen molar-refractivity contribution in [3.05, 3.63) is 34.6 Å². The van der Waals surface area contributed by atoms with Crippen LogP contribution in [0.3, 0.4) is 0 Å².